The number of fused-ring (bicyclic) bond motifs is 1. The molecule has 1 aliphatic heterocycles. The molecular formula is C81H130N24O26. The first-order valence-electron chi connectivity index (χ1n) is 43.1. The SMILES string of the molecule is CC[C@H](C)[C@H](N)C(=O)N[C@@H](CC(N)=O)C(=O)N[C@@H](CCC(N)=O)C(=O)N[C@@H](CCC(N)=O)C(=O)N[C@@H](CC(C)C)C(=O)N[C@@H](CC(N)=O)C(=O)N1CCC[C@H]1C(=O)N[C@@H](CCCCN)C(=O)N[C@H](C(=O)N[C@@H](CC(N)=O)C(=O)N[C@@H](CCCCN)C(=O)N[C@@H](Cc1c[nH]c2ccccc12)C(=O)N[C@@H](CCC(=O)O)C(=O)N[C@@H](CC(=O)O)C(=O)N[C@@H](CCCCN)C(=O)O)[C@@H](C)O. The van der Waals surface area contributed by atoms with Crippen LogP contribution in [0.5, 0.6) is 0 Å². The first-order chi connectivity index (χ1) is 61.7. The van der Waals surface area contributed by atoms with Crippen LogP contribution in [-0.2, 0) is 112 Å². The number of primary amides is 5. The highest BCUT2D eigenvalue weighted by Crippen LogP contribution is 2.23. The summed E-state index contributed by atoms with van der Waals surface area (Å²) < 4.78 is 0. The van der Waals surface area contributed by atoms with Crippen molar-refractivity contribution in [1.82, 2.24) is 79.0 Å². The number of amides is 19. The Hall–Kier alpha value is -13.1. The van der Waals surface area contributed by atoms with Crippen molar-refractivity contribution in [3.8, 4) is 0 Å². The Morgan fingerprint density at radius 3 is 1.24 bits per heavy atom. The van der Waals surface area contributed by atoms with Gasteiger partial charge < -0.3 is 151 Å². The van der Waals surface area contributed by atoms with E-state index < -0.39 is 309 Å². The van der Waals surface area contributed by atoms with Gasteiger partial charge in [0.15, 0.2) is 0 Å². The number of aromatic nitrogens is 1. The maximum Gasteiger partial charge on any atom is 0.326 e. The Morgan fingerprint density at radius 1 is 0.420 bits per heavy atom. The second-order valence-corrected chi connectivity index (χ2v) is 32.5. The van der Waals surface area contributed by atoms with E-state index in [2.05, 4.69) is 74.1 Å². The Bertz CT molecular complexity index is 4340. The molecule has 3 rings (SSSR count). The summed E-state index contributed by atoms with van der Waals surface area (Å²) in [4.78, 5) is 302. The van der Waals surface area contributed by atoms with E-state index in [1.807, 2.05) is 0 Å². The molecule has 1 aliphatic rings. The van der Waals surface area contributed by atoms with Crippen LogP contribution in [0.2, 0.25) is 0 Å². The molecule has 0 saturated carbocycles. The van der Waals surface area contributed by atoms with Gasteiger partial charge in [-0.3, -0.25) is 101 Å². The number of likely N-dealkylation sites (tertiary alicyclic amines) is 1. The van der Waals surface area contributed by atoms with Crippen LogP contribution in [0.3, 0.4) is 0 Å². The average Bonchev–Trinajstić information content (AvgIpc) is 1.71. The number of nitrogens with one attached hydrogen (secondary N) is 14. The summed E-state index contributed by atoms with van der Waals surface area (Å²) in [6.45, 7) is 7.73. The lowest BCUT2D eigenvalue weighted by Gasteiger charge is -2.31. The molecule has 1 aromatic heterocycles. The number of carboxylic acids is 3. The van der Waals surface area contributed by atoms with Crippen molar-refractivity contribution in [1.29, 1.82) is 0 Å². The second kappa shape index (κ2) is 57.1. The number of benzene rings is 1. The highest BCUT2D eigenvalue weighted by molar-refractivity contribution is 6.03. The minimum absolute atomic E-state index is 0.0412. The number of rotatable bonds is 64. The third-order valence-corrected chi connectivity index (χ3v) is 21.3. The smallest absolute Gasteiger partial charge is 0.326 e. The number of aromatic amines is 1. The topological polar surface area (TPSA) is 866 Å². The number of carbonyl (C=O) groups is 22. The van der Waals surface area contributed by atoms with Crippen molar-refractivity contribution in [2.75, 3.05) is 26.2 Å². The normalized spacial score (nSPS) is 16.0. The van der Waals surface area contributed by atoms with E-state index in [1.165, 1.54) is 6.20 Å². The van der Waals surface area contributed by atoms with Crippen LogP contribution in [0.4, 0.5) is 0 Å². The molecule has 0 bridgehead atoms. The highest BCUT2D eigenvalue weighted by atomic mass is 16.4. The van der Waals surface area contributed by atoms with E-state index in [0.29, 0.717) is 29.3 Å². The molecule has 0 unspecified atom stereocenters. The van der Waals surface area contributed by atoms with Crippen molar-refractivity contribution in [3.63, 3.8) is 0 Å². The lowest BCUT2D eigenvalue weighted by Crippen LogP contribution is -2.62. The quantitative estimate of drug-likeness (QED) is 0.0274. The summed E-state index contributed by atoms with van der Waals surface area (Å²) in [6, 6.07) is -19.6. The molecule has 17 atom stereocenters. The van der Waals surface area contributed by atoms with Gasteiger partial charge in [0.1, 0.15) is 84.6 Å². The predicted molar refractivity (Wildman–Crippen MR) is 464 cm³/mol. The zero-order valence-corrected chi connectivity index (χ0v) is 74.0. The van der Waals surface area contributed by atoms with E-state index in [9.17, 15) is 126 Å². The summed E-state index contributed by atoms with van der Waals surface area (Å²) in [5.74, 6) is -27.3. The number of hydrogen-bond acceptors (Lipinski definition) is 27. The minimum Gasteiger partial charge on any atom is -0.481 e. The van der Waals surface area contributed by atoms with E-state index >= 15 is 0 Å². The molecule has 2 heterocycles. The monoisotopic (exact) mass is 1850 g/mol. The summed E-state index contributed by atoms with van der Waals surface area (Å²) >= 11 is 0. The first kappa shape index (κ1) is 112. The number of aliphatic hydroxyl groups excluding tert-OH is 1. The zero-order chi connectivity index (χ0) is 98.6. The van der Waals surface area contributed by atoms with Crippen molar-refractivity contribution in [3.05, 3.63) is 36.0 Å². The lowest BCUT2D eigenvalue weighted by molar-refractivity contribution is -0.144. The van der Waals surface area contributed by atoms with Crippen molar-refractivity contribution < 1.29 is 126 Å². The summed E-state index contributed by atoms with van der Waals surface area (Å²) in [5.41, 5.74) is 51.6. The van der Waals surface area contributed by atoms with Gasteiger partial charge >= 0.3 is 17.9 Å². The number of para-hydroxylation sites is 1. The van der Waals surface area contributed by atoms with E-state index in [0.717, 1.165) is 11.8 Å². The highest BCUT2D eigenvalue weighted by Gasteiger charge is 2.44. The van der Waals surface area contributed by atoms with Gasteiger partial charge in [0.05, 0.1) is 37.8 Å². The second-order valence-electron chi connectivity index (χ2n) is 32.5. The number of H-pyrrole nitrogens is 1. The molecule has 0 spiro atoms. The third kappa shape index (κ3) is 39.8. The molecule has 0 radical (unpaired) electrons. The number of nitrogens with zero attached hydrogens (tertiary/aromatic N) is 1. The van der Waals surface area contributed by atoms with Crippen LogP contribution in [0.15, 0.2) is 30.5 Å². The molecule has 1 fully saturated rings. The molecule has 1 aromatic carbocycles. The Labute approximate surface area is 754 Å². The Morgan fingerprint density at radius 2 is 0.794 bits per heavy atom. The summed E-state index contributed by atoms with van der Waals surface area (Å²) in [6.07, 6.45) is -7.84. The Balaban J connectivity index is 2.00. The number of nitrogens with two attached hydrogens (primary N) is 9. The number of hydrogen-bond donors (Lipinski definition) is 27. The average molecular weight is 1860 g/mol. The van der Waals surface area contributed by atoms with Gasteiger partial charge in [0.25, 0.3) is 0 Å². The van der Waals surface area contributed by atoms with Crippen molar-refractivity contribution >= 4 is 141 Å². The number of carbonyl (C=O) groups excluding carboxylic acids is 19. The number of carboxylic acid groups (broad SMARTS) is 3. The molecule has 36 N–H and O–H groups in total. The standard InChI is InChI=1S/C81H130N24O26/c1-6-40(4)65(90)78(127)101-53(34-60(87)109)74(123)94-47(22-25-58(85)107)68(117)93-48(23-26-59(86)108)69(118)98-51(32-39(2)3)72(121)103-56(36-62(89)111)80(129)105-31-15-21-57(105)77(126)96-46(19-10-13-29-83)71(120)104-66(41(5)106)79(128)102-54(35-61(88)110)75(124)92-45(18-9-12-28-82)67(116)99-52(33-42-38-91-44-17-8-7-16-43(42)44)73(122)95-49(24-27-63(112)113)70(119)100-55(37-64(114)115)76(125)97-50(81(130)131)20-11-14-30-84/h7-8,16-17,38-41,45-57,65-66,91,106H,6,9-15,18-37,82-84,90H2,1-5H3,(H2,85,107)(H2,86,108)(H2,87,109)(H2,88,110)(H2,89,111)(H,92,124)(H,93,117)(H,94,123)(H,95,122)(H,96,126)(H,97,125)(H,98,118)(H,99,116)(H,100,119)(H,101,127)(H,102,128)(H,103,121)(H,104,120)(H,112,113)(H,114,115)(H,130,131)/t40-,41+,45-,46-,47-,48-,49-,50-,51-,52-,53-,54-,55-,56-,57-,65-,66-/m0/s1. The van der Waals surface area contributed by atoms with Crippen LogP contribution in [0, 0.1) is 11.8 Å². The maximum atomic E-state index is 14.8. The van der Waals surface area contributed by atoms with Gasteiger partial charge in [-0.25, -0.2) is 4.79 Å². The molecule has 0 aliphatic carbocycles. The number of aliphatic carboxylic acids is 3. The summed E-state index contributed by atoms with van der Waals surface area (Å²) in [5, 5.41) is 71.7. The van der Waals surface area contributed by atoms with Crippen LogP contribution in [0.1, 0.15) is 188 Å². The fourth-order valence-electron chi connectivity index (χ4n) is 13.9. The van der Waals surface area contributed by atoms with Gasteiger partial charge in [0, 0.05) is 49.3 Å². The molecule has 50 nitrogen and oxygen atoms in total. The van der Waals surface area contributed by atoms with Crippen molar-refractivity contribution in [2.45, 2.75) is 285 Å². The molecule has 19 amide bonds. The maximum absolute atomic E-state index is 14.8. The zero-order valence-electron chi connectivity index (χ0n) is 74.0. The van der Waals surface area contributed by atoms with Gasteiger partial charge in [-0.05, 0) is 146 Å². The molecular weight excluding hydrogens is 1730 g/mol. The fourth-order valence-corrected chi connectivity index (χ4v) is 13.9. The number of unbranched alkanes of at least 4 members (excludes halogenated alkanes) is 3. The van der Waals surface area contributed by atoms with Gasteiger partial charge in [-0.15, -0.1) is 0 Å². The molecule has 1 saturated heterocycles. The fraction of sp³-hybridized carbons (Fsp3) is 0.630. The lowest BCUT2D eigenvalue weighted by atomic mass is 9.98. The van der Waals surface area contributed by atoms with E-state index in [4.69, 9.17) is 51.6 Å². The van der Waals surface area contributed by atoms with E-state index in [-0.39, 0.29) is 96.8 Å². The largest absolute Gasteiger partial charge is 0.481 e. The minimum atomic E-state index is -2.06. The molecule has 730 valence electrons. The first-order valence-corrected chi connectivity index (χ1v) is 43.1. The van der Waals surface area contributed by atoms with Crippen LogP contribution in [0.25, 0.3) is 10.9 Å². The van der Waals surface area contributed by atoms with Crippen LogP contribution < -0.4 is 121 Å². The van der Waals surface area contributed by atoms with Crippen molar-refractivity contribution in [2.24, 2.45) is 63.4 Å². The molecule has 131 heavy (non-hydrogen) atoms. The van der Waals surface area contributed by atoms with Gasteiger partial charge in [-0.1, -0.05) is 52.3 Å². The molecule has 2 aromatic rings. The Kier molecular flexibility index (Phi) is 48.8. The summed E-state index contributed by atoms with van der Waals surface area (Å²) in [7, 11) is 0. The van der Waals surface area contributed by atoms with E-state index in [1.54, 1.807) is 52.0 Å². The predicted octanol–water partition coefficient (Wildman–Crippen LogP) is -9.23. The van der Waals surface area contributed by atoms with Gasteiger partial charge in [-0.2, -0.15) is 0 Å². The van der Waals surface area contributed by atoms with Crippen LogP contribution >= 0.6 is 0 Å². The molecule has 50 heteroatoms. The third-order valence-electron chi connectivity index (χ3n) is 21.3. The van der Waals surface area contributed by atoms with Crippen LogP contribution in [-0.4, -0.2) is 283 Å². The number of aliphatic hydroxyl groups is 1. The van der Waals surface area contributed by atoms with Gasteiger partial charge in [0.2, 0.25) is 112 Å².